The Morgan fingerprint density at radius 1 is 0.944 bits per heavy atom. The molecule has 0 fully saturated rings. The summed E-state index contributed by atoms with van der Waals surface area (Å²) in [7, 11) is 0. The Kier molecular flexibility index (Phi) is 8.97. The third-order valence-corrected chi connectivity index (χ3v) is 6.30. The van der Waals surface area contributed by atoms with E-state index in [1.54, 1.807) is 27.0 Å². The Balaban J connectivity index is 1.82. The van der Waals surface area contributed by atoms with Crippen LogP contribution in [-0.2, 0) is 20.8 Å². The number of carbonyl (C=O) groups excluding carboxylic acids is 4. The molecule has 0 radical (unpaired) electrons. The van der Waals surface area contributed by atoms with E-state index in [0.29, 0.717) is 29.7 Å². The maximum atomic E-state index is 13.6. The normalized spacial score (nSPS) is 13.4. The molecule has 3 atom stereocenters. The Bertz CT molecular complexity index is 1220. The van der Waals surface area contributed by atoms with Crippen LogP contribution in [0.3, 0.4) is 0 Å². The van der Waals surface area contributed by atoms with Gasteiger partial charge >= 0.3 is 6.03 Å². The van der Waals surface area contributed by atoms with Crippen LogP contribution >= 0.6 is 0 Å². The Hall–Kier alpha value is -3.98. The van der Waals surface area contributed by atoms with Crippen molar-refractivity contribution in [2.45, 2.75) is 52.0 Å². The van der Waals surface area contributed by atoms with Gasteiger partial charge in [-0.15, -0.1) is 0 Å². The summed E-state index contributed by atoms with van der Waals surface area (Å²) in [6.45, 7) is 5.05. The molecule has 2 aromatic carbocycles. The number of carbonyl (C=O) groups is 4. The molecule has 0 aliphatic carbocycles. The van der Waals surface area contributed by atoms with Gasteiger partial charge in [0.2, 0.25) is 11.8 Å². The van der Waals surface area contributed by atoms with Crippen LogP contribution in [0.25, 0.3) is 10.9 Å². The van der Waals surface area contributed by atoms with Crippen molar-refractivity contribution in [3.8, 4) is 0 Å². The number of benzene rings is 2. The van der Waals surface area contributed by atoms with E-state index in [4.69, 9.17) is 5.73 Å². The smallest absolute Gasteiger partial charge is 0.349 e. The van der Waals surface area contributed by atoms with Crippen LogP contribution in [-0.4, -0.2) is 39.7 Å². The van der Waals surface area contributed by atoms with Crippen molar-refractivity contribution in [3.63, 3.8) is 0 Å². The molecule has 1 heterocycles. The van der Waals surface area contributed by atoms with Gasteiger partial charge in [-0.3, -0.25) is 19.8 Å². The van der Waals surface area contributed by atoms with Gasteiger partial charge in [-0.2, -0.15) is 4.90 Å². The molecule has 5 N–H and O–H groups in total. The highest BCUT2D eigenvalue weighted by molar-refractivity contribution is 6.13. The lowest BCUT2D eigenvalue weighted by Gasteiger charge is -2.25. The number of hydrogen-bond donors (Lipinski definition) is 4. The first-order valence-corrected chi connectivity index (χ1v) is 12.1. The van der Waals surface area contributed by atoms with E-state index in [1.165, 1.54) is 0 Å². The van der Waals surface area contributed by atoms with E-state index < -0.39 is 41.6 Å². The number of aromatic nitrogens is 1. The summed E-state index contributed by atoms with van der Waals surface area (Å²) in [4.78, 5) is 55.8. The number of hydrogen-bond acceptors (Lipinski definition) is 5. The lowest BCUT2D eigenvalue weighted by Crippen LogP contribution is -2.57. The third kappa shape index (κ3) is 6.17. The topological polar surface area (TPSA) is 137 Å². The van der Waals surface area contributed by atoms with Crippen LogP contribution in [0.4, 0.5) is 4.79 Å². The summed E-state index contributed by atoms with van der Waals surface area (Å²) in [5.74, 6) is -3.38. The molecule has 5 amide bonds. The predicted molar refractivity (Wildman–Crippen MR) is 137 cm³/mol. The summed E-state index contributed by atoms with van der Waals surface area (Å²) in [5.41, 5.74) is 12.6. The van der Waals surface area contributed by atoms with Crippen LogP contribution < -0.4 is 16.6 Å². The number of fused-ring (bicyclic) bond motifs is 1. The minimum Gasteiger partial charge on any atom is -0.361 e. The van der Waals surface area contributed by atoms with Gasteiger partial charge in [0.15, 0.2) is 0 Å². The summed E-state index contributed by atoms with van der Waals surface area (Å²) >= 11 is 0. The highest BCUT2D eigenvalue weighted by atomic mass is 16.2. The molecule has 0 saturated carbocycles. The van der Waals surface area contributed by atoms with Gasteiger partial charge in [0.05, 0.1) is 12.0 Å². The van der Waals surface area contributed by atoms with Crippen LogP contribution in [0.5, 0.6) is 0 Å². The van der Waals surface area contributed by atoms with Crippen LogP contribution in [0, 0.1) is 5.92 Å². The zero-order valence-corrected chi connectivity index (χ0v) is 20.8. The molecule has 0 aliphatic heterocycles. The van der Waals surface area contributed by atoms with E-state index in [-0.39, 0.29) is 0 Å². The van der Waals surface area contributed by atoms with Crippen molar-refractivity contribution in [1.82, 2.24) is 20.7 Å². The first-order chi connectivity index (χ1) is 17.2. The number of aromatic amines is 1. The summed E-state index contributed by atoms with van der Waals surface area (Å²) in [6.07, 6.45) is 3.11. The lowest BCUT2D eigenvalue weighted by molar-refractivity contribution is -0.144. The molecular formula is C27H33N5O4. The first kappa shape index (κ1) is 26.6. The molecule has 0 spiro atoms. The Labute approximate surface area is 210 Å². The number of H-pyrrole nitrogens is 1. The number of amides is 5. The number of urea groups is 1. The molecule has 9 heteroatoms. The molecule has 0 bridgehead atoms. The van der Waals surface area contributed by atoms with Crippen LogP contribution in [0.15, 0.2) is 60.8 Å². The number of nitrogens with two attached hydrogens (primary N) is 1. The fraction of sp³-hybridized carbons (Fsp3) is 0.333. The summed E-state index contributed by atoms with van der Waals surface area (Å²) in [5, 5.41) is 0.825. The molecule has 3 unspecified atom stereocenters. The van der Waals surface area contributed by atoms with Gasteiger partial charge in [0.25, 0.3) is 5.91 Å². The van der Waals surface area contributed by atoms with Gasteiger partial charge in [-0.1, -0.05) is 62.4 Å². The van der Waals surface area contributed by atoms with Gasteiger partial charge in [0.1, 0.15) is 0 Å². The summed E-state index contributed by atoms with van der Waals surface area (Å²) in [6, 6.07) is 15.3. The molecule has 9 nitrogen and oxygen atoms in total. The largest absolute Gasteiger partial charge is 0.361 e. The van der Waals surface area contributed by atoms with E-state index in [2.05, 4.69) is 15.8 Å². The fourth-order valence-electron chi connectivity index (χ4n) is 3.91. The standard InChI is InChI=1S/C27H33N5O4/c1-4-22(28)24(33)30-31-27(36)32(25(34)17(2)14-15-19-10-6-5-7-11-19)26(35)18(3)21-16-29-23-13-9-8-12-20(21)23/h5-13,16-18,22,29H,4,14-15,28H2,1-3H3,(H,30,33)(H,31,36). The number of hydrazine groups is 1. The number of aryl methyl sites for hydroxylation is 1. The minimum atomic E-state index is -1.03. The van der Waals surface area contributed by atoms with E-state index in [9.17, 15) is 19.2 Å². The average Bonchev–Trinajstić information content (AvgIpc) is 3.34. The molecule has 0 saturated heterocycles. The van der Waals surface area contributed by atoms with E-state index >= 15 is 0 Å². The average molecular weight is 492 g/mol. The quantitative estimate of drug-likeness (QED) is 0.358. The van der Waals surface area contributed by atoms with Gasteiger partial charge < -0.3 is 10.7 Å². The van der Waals surface area contributed by atoms with E-state index in [0.717, 1.165) is 16.5 Å². The molecule has 3 rings (SSSR count). The maximum Gasteiger partial charge on any atom is 0.349 e. The second-order valence-corrected chi connectivity index (χ2v) is 8.88. The van der Waals surface area contributed by atoms with Gasteiger partial charge in [-0.05, 0) is 43.4 Å². The Morgan fingerprint density at radius 2 is 1.61 bits per heavy atom. The zero-order chi connectivity index (χ0) is 26.2. The van der Waals surface area contributed by atoms with Crippen molar-refractivity contribution in [3.05, 3.63) is 71.9 Å². The van der Waals surface area contributed by atoms with E-state index in [1.807, 2.05) is 54.6 Å². The Morgan fingerprint density at radius 3 is 2.31 bits per heavy atom. The number of imide groups is 3. The van der Waals surface area contributed by atoms with Crippen LogP contribution in [0.2, 0.25) is 0 Å². The van der Waals surface area contributed by atoms with Crippen molar-refractivity contribution < 1.29 is 19.2 Å². The number of para-hydroxylation sites is 1. The first-order valence-electron chi connectivity index (χ1n) is 12.1. The van der Waals surface area contributed by atoms with Crippen molar-refractivity contribution >= 4 is 34.7 Å². The minimum absolute atomic E-state index is 0.359. The number of rotatable bonds is 8. The SMILES string of the molecule is CCC(N)C(=O)NNC(=O)N(C(=O)C(C)CCc1ccccc1)C(=O)C(C)c1c[nH]c2ccccc12. The molecule has 0 aliphatic rings. The maximum absolute atomic E-state index is 13.6. The second-order valence-electron chi connectivity index (χ2n) is 8.88. The van der Waals surface area contributed by atoms with Crippen molar-refractivity contribution in [2.24, 2.45) is 11.7 Å². The zero-order valence-electron chi connectivity index (χ0n) is 20.8. The lowest BCUT2D eigenvalue weighted by atomic mass is 9.96. The predicted octanol–water partition coefficient (Wildman–Crippen LogP) is 3.37. The van der Waals surface area contributed by atoms with Gasteiger partial charge in [0, 0.05) is 23.0 Å². The monoisotopic (exact) mass is 491 g/mol. The third-order valence-electron chi connectivity index (χ3n) is 6.30. The second kappa shape index (κ2) is 12.1. The van der Waals surface area contributed by atoms with Crippen molar-refractivity contribution in [1.29, 1.82) is 0 Å². The summed E-state index contributed by atoms with van der Waals surface area (Å²) < 4.78 is 0. The molecular weight excluding hydrogens is 458 g/mol. The molecule has 190 valence electrons. The highest BCUT2D eigenvalue weighted by Gasteiger charge is 2.36. The van der Waals surface area contributed by atoms with Crippen molar-refractivity contribution in [2.75, 3.05) is 0 Å². The fourth-order valence-corrected chi connectivity index (χ4v) is 3.91. The molecule has 1 aromatic heterocycles. The molecule has 36 heavy (non-hydrogen) atoms. The molecule has 3 aromatic rings. The number of nitrogens with zero attached hydrogens (tertiary/aromatic N) is 1. The van der Waals surface area contributed by atoms with Crippen LogP contribution in [0.1, 0.15) is 50.7 Å². The highest BCUT2D eigenvalue weighted by Crippen LogP contribution is 2.27. The number of nitrogens with one attached hydrogen (secondary N) is 3. The van der Waals surface area contributed by atoms with Gasteiger partial charge in [-0.25, -0.2) is 10.2 Å².